The third kappa shape index (κ3) is 4.67. The van der Waals surface area contributed by atoms with Crippen molar-refractivity contribution in [1.29, 1.82) is 0 Å². The molecular weight excluding hydrogens is 452 g/mol. The molecule has 2 heterocycles. The number of carbonyl (C=O) groups is 1. The standard InChI is InChI=1S/C24H32N4O3SSi/c1-14(31-33(5,6)24(2,3)4)22-26-27-23(32-22)17-12-16(13-17)18-19(21(25)29)28-30-20(18)15-10-8-7-9-11-15/h7-11,14,16-17H,12-13H2,1-6H3,(H2,25,29)/t14-,16?,17?/m0/s1. The zero-order valence-electron chi connectivity index (χ0n) is 20.1. The Bertz CT molecular complexity index is 1130. The Morgan fingerprint density at radius 2 is 1.85 bits per heavy atom. The van der Waals surface area contributed by atoms with Crippen molar-refractivity contribution >= 4 is 25.6 Å². The summed E-state index contributed by atoms with van der Waals surface area (Å²) in [6.07, 6.45) is 1.64. The summed E-state index contributed by atoms with van der Waals surface area (Å²) in [6.45, 7) is 13.3. The van der Waals surface area contributed by atoms with Crippen molar-refractivity contribution < 1.29 is 13.7 Å². The second kappa shape index (κ2) is 8.77. The van der Waals surface area contributed by atoms with Crippen molar-refractivity contribution in [1.82, 2.24) is 15.4 Å². The van der Waals surface area contributed by atoms with Crippen LogP contribution in [-0.4, -0.2) is 29.6 Å². The summed E-state index contributed by atoms with van der Waals surface area (Å²) in [6, 6.07) is 9.71. The molecule has 1 amide bonds. The Morgan fingerprint density at radius 3 is 2.45 bits per heavy atom. The van der Waals surface area contributed by atoms with Crippen LogP contribution in [0.1, 0.15) is 84.5 Å². The number of nitrogens with zero attached hydrogens (tertiary/aromatic N) is 3. The molecule has 0 spiro atoms. The fourth-order valence-corrected chi connectivity index (χ4v) is 6.34. The lowest BCUT2D eigenvalue weighted by Gasteiger charge is -2.37. The first kappa shape index (κ1) is 23.8. The predicted molar refractivity (Wildman–Crippen MR) is 132 cm³/mol. The van der Waals surface area contributed by atoms with Crippen molar-refractivity contribution in [2.75, 3.05) is 0 Å². The number of rotatable bonds is 7. The van der Waals surface area contributed by atoms with E-state index in [2.05, 4.69) is 56.1 Å². The molecule has 1 saturated carbocycles. The van der Waals surface area contributed by atoms with E-state index in [0.29, 0.717) is 11.7 Å². The molecule has 2 N–H and O–H groups in total. The molecule has 1 aliphatic carbocycles. The lowest BCUT2D eigenvalue weighted by molar-refractivity contribution is 0.0989. The van der Waals surface area contributed by atoms with Crippen LogP contribution in [0.2, 0.25) is 18.1 Å². The molecule has 0 radical (unpaired) electrons. The molecule has 33 heavy (non-hydrogen) atoms. The van der Waals surface area contributed by atoms with E-state index < -0.39 is 14.2 Å². The van der Waals surface area contributed by atoms with Crippen LogP contribution < -0.4 is 5.73 Å². The van der Waals surface area contributed by atoms with Crippen LogP contribution in [0.3, 0.4) is 0 Å². The van der Waals surface area contributed by atoms with Crippen LogP contribution in [0, 0.1) is 0 Å². The predicted octanol–water partition coefficient (Wildman–Crippen LogP) is 6.04. The van der Waals surface area contributed by atoms with Gasteiger partial charge in [0.25, 0.3) is 5.91 Å². The molecule has 3 aromatic rings. The molecule has 1 aliphatic rings. The van der Waals surface area contributed by atoms with E-state index in [-0.39, 0.29) is 22.8 Å². The van der Waals surface area contributed by atoms with Gasteiger partial charge in [0.15, 0.2) is 19.8 Å². The lowest BCUT2D eigenvalue weighted by Crippen LogP contribution is -2.41. The highest BCUT2D eigenvalue weighted by Gasteiger charge is 2.41. The molecule has 2 aromatic heterocycles. The van der Waals surface area contributed by atoms with Gasteiger partial charge in [0.2, 0.25) is 0 Å². The molecule has 0 bridgehead atoms. The zero-order valence-corrected chi connectivity index (χ0v) is 21.9. The van der Waals surface area contributed by atoms with Gasteiger partial charge < -0.3 is 14.7 Å². The summed E-state index contributed by atoms with van der Waals surface area (Å²) in [5, 5.41) is 15.0. The molecular formula is C24H32N4O3SSi. The molecule has 7 nitrogen and oxygen atoms in total. The van der Waals surface area contributed by atoms with Gasteiger partial charge in [-0.3, -0.25) is 4.79 Å². The van der Waals surface area contributed by atoms with E-state index in [9.17, 15) is 4.79 Å². The van der Waals surface area contributed by atoms with Crippen LogP contribution in [0.5, 0.6) is 0 Å². The number of hydrogen-bond donors (Lipinski definition) is 1. The normalized spacial score (nSPS) is 19.8. The van der Waals surface area contributed by atoms with E-state index >= 15 is 0 Å². The molecule has 176 valence electrons. The van der Waals surface area contributed by atoms with E-state index in [0.717, 1.165) is 34.0 Å². The lowest BCUT2D eigenvalue weighted by atomic mass is 9.70. The van der Waals surface area contributed by atoms with Gasteiger partial charge in [0, 0.05) is 17.0 Å². The maximum absolute atomic E-state index is 12.0. The molecule has 9 heteroatoms. The van der Waals surface area contributed by atoms with Gasteiger partial charge in [-0.2, -0.15) is 0 Å². The first-order valence-electron chi connectivity index (χ1n) is 11.3. The van der Waals surface area contributed by atoms with Gasteiger partial charge in [0.05, 0.1) is 6.10 Å². The second-order valence-electron chi connectivity index (χ2n) is 10.4. The Morgan fingerprint density at radius 1 is 1.18 bits per heavy atom. The maximum Gasteiger partial charge on any atom is 0.271 e. The molecule has 4 rings (SSSR count). The molecule has 0 unspecified atom stereocenters. The van der Waals surface area contributed by atoms with Gasteiger partial charge in [-0.15, -0.1) is 10.2 Å². The van der Waals surface area contributed by atoms with E-state index in [1.165, 1.54) is 0 Å². The Balaban J connectivity index is 1.48. The second-order valence-corrected chi connectivity index (χ2v) is 16.2. The van der Waals surface area contributed by atoms with E-state index in [1.807, 2.05) is 30.3 Å². The van der Waals surface area contributed by atoms with Gasteiger partial charge in [-0.25, -0.2) is 0 Å². The number of primary amides is 1. The molecule has 1 atom stereocenters. The molecule has 0 aliphatic heterocycles. The maximum atomic E-state index is 12.0. The van der Waals surface area contributed by atoms with Gasteiger partial charge in [-0.1, -0.05) is 67.6 Å². The minimum absolute atomic E-state index is 0.0720. The fourth-order valence-electron chi connectivity index (χ4n) is 3.95. The first-order valence-corrected chi connectivity index (χ1v) is 15.1. The summed E-state index contributed by atoms with van der Waals surface area (Å²) in [4.78, 5) is 12.0. The topological polar surface area (TPSA) is 104 Å². The number of hydrogen-bond acceptors (Lipinski definition) is 7. The van der Waals surface area contributed by atoms with Crippen LogP contribution in [0.25, 0.3) is 11.3 Å². The monoisotopic (exact) mass is 484 g/mol. The quantitative estimate of drug-likeness (QED) is 0.410. The van der Waals surface area contributed by atoms with Crippen LogP contribution in [0.15, 0.2) is 34.9 Å². The SMILES string of the molecule is C[C@H](O[Si](C)(C)C(C)(C)C)c1nnc(C2CC(c3c(C(N)=O)noc3-c3ccccc3)C2)s1. The Kier molecular flexibility index (Phi) is 6.32. The van der Waals surface area contributed by atoms with Crippen LogP contribution in [0.4, 0.5) is 0 Å². The summed E-state index contributed by atoms with van der Waals surface area (Å²) >= 11 is 1.63. The fraction of sp³-hybridized carbons (Fsp3) is 0.500. The minimum atomic E-state index is -1.89. The van der Waals surface area contributed by atoms with Crippen molar-refractivity contribution in [2.45, 2.75) is 76.6 Å². The average Bonchev–Trinajstić information content (AvgIpc) is 3.34. The van der Waals surface area contributed by atoms with Crippen molar-refractivity contribution in [2.24, 2.45) is 5.73 Å². The average molecular weight is 485 g/mol. The molecule has 1 aromatic carbocycles. The van der Waals surface area contributed by atoms with E-state index in [4.69, 9.17) is 14.7 Å². The Hall–Kier alpha value is -2.36. The van der Waals surface area contributed by atoms with Crippen LogP contribution >= 0.6 is 11.3 Å². The summed E-state index contributed by atoms with van der Waals surface area (Å²) < 4.78 is 12.1. The Labute approximate surface area is 199 Å². The van der Waals surface area contributed by atoms with Gasteiger partial charge >= 0.3 is 0 Å². The van der Waals surface area contributed by atoms with Gasteiger partial charge in [0.1, 0.15) is 10.0 Å². The van der Waals surface area contributed by atoms with E-state index in [1.54, 1.807) is 11.3 Å². The number of nitrogens with two attached hydrogens (primary N) is 1. The van der Waals surface area contributed by atoms with Crippen molar-refractivity contribution in [3.8, 4) is 11.3 Å². The van der Waals surface area contributed by atoms with Crippen LogP contribution in [-0.2, 0) is 4.43 Å². The third-order valence-electron chi connectivity index (χ3n) is 6.97. The van der Waals surface area contributed by atoms with Gasteiger partial charge in [-0.05, 0) is 43.8 Å². The van der Waals surface area contributed by atoms with Crippen molar-refractivity contribution in [3.05, 3.63) is 51.6 Å². The number of carbonyl (C=O) groups excluding carboxylic acids is 1. The minimum Gasteiger partial charge on any atom is -0.408 e. The number of amides is 1. The smallest absolute Gasteiger partial charge is 0.271 e. The third-order valence-corrected chi connectivity index (χ3v) is 12.8. The zero-order chi connectivity index (χ0) is 24.0. The highest BCUT2D eigenvalue weighted by Crippen LogP contribution is 2.51. The first-order chi connectivity index (χ1) is 15.5. The molecule has 1 fully saturated rings. The number of benzene rings is 1. The highest BCUT2D eigenvalue weighted by molar-refractivity contribution is 7.11. The van der Waals surface area contributed by atoms with Crippen molar-refractivity contribution in [3.63, 3.8) is 0 Å². The molecule has 0 saturated heterocycles. The largest absolute Gasteiger partial charge is 0.408 e. The summed E-state index contributed by atoms with van der Waals surface area (Å²) in [5.41, 5.74) is 7.53. The summed E-state index contributed by atoms with van der Waals surface area (Å²) in [7, 11) is -1.89. The highest BCUT2D eigenvalue weighted by atomic mass is 32.1. The summed E-state index contributed by atoms with van der Waals surface area (Å²) in [5.74, 6) is 0.504. The number of aromatic nitrogens is 3.